The molecule has 1 aliphatic carbocycles. The summed E-state index contributed by atoms with van der Waals surface area (Å²) < 4.78 is 54.4. The third-order valence-corrected chi connectivity index (χ3v) is 5.96. The number of sulfonamides is 1. The molecule has 2 aromatic rings. The van der Waals surface area contributed by atoms with E-state index in [1.54, 1.807) is 25.1 Å². The number of nitrogens with zero attached hydrogens (tertiary/aromatic N) is 1. The lowest BCUT2D eigenvalue weighted by Crippen LogP contribution is -2.33. The van der Waals surface area contributed by atoms with Crippen LogP contribution >= 0.6 is 0 Å². The van der Waals surface area contributed by atoms with Crippen molar-refractivity contribution in [3.8, 4) is 0 Å². The van der Waals surface area contributed by atoms with Gasteiger partial charge in [-0.05, 0) is 61.1 Å². The van der Waals surface area contributed by atoms with Crippen molar-refractivity contribution >= 4 is 10.0 Å². The fraction of sp³-hybridized carbons (Fsp3) is 0.333. The zero-order valence-corrected chi connectivity index (χ0v) is 14.2. The average Bonchev–Trinajstić information content (AvgIpc) is 3.35. The molecule has 6 heteroatoms. The van der Waals surface area contributed by atoms with Crippen molar-refractivity contribution in [2.24, 2.45) is 5.92 Å². The summed E-state index contributed by atoms with van der Waals surface area (Å²) >= 11 is 0. The van der Waals surface area contributed by atoms with Crippen molar-refractivity contribution in [1.82, 2.24) is 4.31 Å². The number of rotatable bonds is 6. The van der Waals surface area contributed by atoms with E-state index in [9.17, 15) is 17.2 Å². The van der Waals surface area contributed by atoms with Gasteiger partial charge in [-0.15, -0.1) is 0 Å². The summed E-state index contributed by atoms with van der Waals surface area (Å²) in [5.74, 6) is -0.811. The fourth-order valence-electron chi connectivity index (χ4n) is 2.58. The lowest BCUT2D eigenvalue weighted by atomic mass is 10.2. The van der Waals surface area contributed by atoms with Crippen molar-refractivity contribution in [2.45, 2.75) is 31.2 Å². The van der Waals surface area contributed by atoms with Gasteiger partial charge in [-0.25, -0.2) is 17.2 Å². The molecule has 0 radical (unpaired) electrons. The minimum absolute atomic E-state index is 0.104. The van der Waals surface area contributed by atoms with Crippen LogP contribution in [0.2, 0.25) is 0 Å². The van der Waals surface area contributed by atoms with Crippen LogP contribution in [0, 0.1) is 24.5 Å². The van der Waals surface area contributed by atoms with Gasteiger partial charge in [0.2, 0.25) is 10.0 Å². The second-order valence-electron chi connectivity index (χ2n) is 6.30. The number of hydrogen-bond donors (Lipinski definition) is 0. The highest BCUT2D eigenvalue weighted by atomic mass is 32.2. The monoisotopic (exact) mass is 351 g/mol. The van der Waals surface area contributed by atoms with Crippen molar-refractivity contribution < 1.29 is 17.2 Å². The summed E-state index contributed by atoms with van der Waals surface area (Å²) in [5, 5.41) is 0. The first kappa shape index (κ1) is 17.0. The smallest absolute Gasteiger partial charge is 0.207 e. The molecule has 0 bridgehead atoms. The molecule has 3 rings (SSSR count). The Morgan fingerprint density at radius 2 is 1.75 bits per heavy atom. The van der Waals surface area contributed by atoms with E-state index in [-0.39, 0.29) is 17.3 Å². The van der Waals surface area contributed by atoms with E-state index < -0.39 is 15.8 Å². The van der Waals surface area contributed by atoms with Gasteiger partial charge in [-0.1, -0.05) is 18.2 Å². The van der Waals surface area contributed by atoms with E-state index in [0.29, 0.717) is 23.6 Å². The van der Waals surface area contributed by atoms with Gasteiger partial charge >= 0.3 is 0 Å². The summed E-state index contributed by atoms with van der Waals surface area (Å²) in [6.07, 6.45) is 1.96. The lowest BCUT2D eigenvalue weighted by molar-refractivity contribution is 0.388. The number of aryl methyl sites for hydroxylation is 1. The molecule has 0 heterocycles. The molecule has 2 aromatic carbocycles. The highest BCUT2D eigenvalue weighted by Gasteiger charge is 2.33. The molecule has 0 aliphatic heterocycles. The van der Waals surface area contributed by atoms with Crippen molar-refractivity contribution in [3.05, 3.63) is 65.2 Å². The highest BCUT2D eigenvalue weighted by Crippen LogP contribution is 2.33. The van der Waals surface area contributed by atoms with Crippen LogP contribution in [0.25, 0.3) is 0 Å². The molecule has 0 atom stereocenters. The Balaban J connectivity index is 1.94. The summed E-state index contributed by atoms with van der Waals surface area (Å²) in [7, 11) is -3.95. The number of hydrogen-bond acceptors (Lipinski definition) is 2. The van der Waals surface area contributed by atoms with Crippen LogP contribution in [-0.2, 0) is 16.6 Å². The first-order valence-electron chi connectivity index (χ1n) is 7.87. The van der Waals surface area contributed by atoms with E-state index in [0.717, 1.165) is 12.8 Å². The predicted octanol–water partition coefficient (Wildman–Crippen LogP) is 3.87. The van der Waals surface area contributed by atoms with Gasteiger partial charge in [-0.3, -0.25) is 0 Å². The quantitative estimate of drug-likeness (QED) is 0.792. The summed E-state index contributed by atoms with van der Waals surface area (Å²) in [4.78, 5) is -0.301. The Kier molecular flexibility index (Phi) is 4.69. The zero-order valence-electron chi connectivity index (χ0n) is 13.4. The second kappa shape index (κ2) is 6.61. The van der Waals surface area contributed by atoms with Crippen LogP contribution in [0.1, 0.15) is 24.0 Å². The van der Waals surface area contributed by atoms with E-state index in [2.05, 4.69) is 0 Å². The molecule has 128 valence electrons. The molecule has 1 fully saturated rings. The maximum Gasteiger partial charge on any atom is 0.246 e. The summed E-state index contributed by atoms with van der Waals surface area (Å²) in [5.41, 5.74) is 1.36. The van der Waals surface area contributed by atoms with Gasteiger partial charge in [0.25, 0.3) is 0 Å². The van der Waals surface area contributed by atoms with E-state index in [1.807, 2.05) is 0 Å². The Morgan fingerprint density at radius 3 is 2.38 bits per heavy atom. The molecular weight excluding hydrogens is 332 g/mol. The molecule has 0 spiro atoms. The molecule has 24 heavy (non-hydrogen) atoms. The maximum atomic E-state index is 14.1. The minimum Gasteiger partial charge on any atom is -0.207 e. The Morgan fingerprint density at radius 1 is 1.08 bits per heavy atom. The molecule has 0 aromatic heterocycles. The molecule has 0 N–H and O–H groups in total. The fourth-order valence-corrected chi connectivity index (χ4v) is 4.23. The van der Waals surface area contributed by atoms with Gasteiger partial charge in [0.1, 0.15) is 16.5 Å². The summed E-state index contributed by atoms with van der Waals surface area (Å²) in [6.45, 7) is 2.18. The molecular formula is C18H19F2NO2S. The molecule has 0 amide bonds. The number of benzene rings is 2. The predicted molar refractivity (Wildman–Crippen MR) is 87.9 cm³/mol. The number of halogens is 2. The third kappa shape index (κ3) is 3.82. The molecule has 3 nitrogen and oxygen atoms in total. The lowest BCUT2D eigenvalue weighted by Gasteiger charge is -2.23. The van der Waals surface area contributed by atoms with Crippen LogP contribution < -0.4 is 0 Å². The van der Waals surface area contributed by atoms with Gasteiger partial charge in [0, 0.05) is 13.1 Å². The van der Waals surface area contributed by atoms with Crippen molar-refractivity contribution in [3.63, 3.8) is 0 Å². The molecule has 1 aliphatic rings. The van der Waals surface area contributed by atoms with Crippen LogP contribution in [0.15, 0.2) is 47.4 Å². The van der Waals surface area contributed by atoms with Gasteiger partial charge in [0.05, 0.1) is 0 Å². The Hall–Kier alpha value is -1.79. The largest absolute Gasteiger partial charge is 0.246 e. The van der Waals surface area contributed by atoms with Crippen LogP contribution in [0.3, 0.4) is 0 Å². The highest BCUT2D eigenvalue weighted by molar-refractivity contribution is 7.89. The van der Waals surface area contributed by atoms with Gasteiger partial charge < -0.3 is 0 Å². The van der Waals surface area contributed by atoms with Crippen LogP contribution in [0.4, 0.5) is 8.78 Å². The topological polar surface area (TPSA) is 37.4 Å². The van der Waals surface area contributed by atoms with E-state index >= 15 is 0 Å². The SMILES string of the molecule is Cc1ccc(F)c(S(=O)(=O)N(Cc2ccc(F)cc2)CC2CC2)c1. The van der Waals surface area contributed by atoms with E-state index in [1.165, 1.54) is 28.6 Å². The normalized spacial score (nSPS) is 15.0. The van der Waals surface area contributed by atoms with Gasteiger partial charge in [-0.2, -0.15) is 4.31 Å². The zero-order chi connectivity index (χ0) is 17.3. The molecule has 0 unspecified atom stereocenters. The third-order valence-electron chi connectivity index (χ3n) is 4.14. The maximum absolute atomic E-state index is 14.1. The van der Waals surface area contributed by atoms with Crippen molar-refractivity contribution in [2.75, 3.05) is 6.54 Å². The van der Waals surface area contributed by atoms with Crippen LogP contribution in [0.5, 0.6) is 0 Å². The molecule has 1 saturated carbocycles. The minimum atomic E-state index is -3.95. The Labute approximate surface area is 141 Å². The average molecular weight is 351 g/mol. The first-order chi connectivity index (χ1) is 11.4. The standard InChI is InChI=1S/C18H19F2NO2S/c1-13-2-9-17(20)18(10-13)24(22,23)21(11-14-3-4-14)12-15-5-7-16(19)8-6-15/h2,5-10,14H,3-4,11-12H2,1H3. The van der Waals surface area contributed by atoms with E-state index in [4.69, 9.17) is 0 Å². The van der Waals surface area contributed by atoms with Crippen molar-refractivity contribution in [1.29, 1.82) is 0 Å². The Bertz CT molecular complexity index is 831. The summed E-state index contributed by atoms with van der Waals surface area (Å²) in [6, 6.07) is 9.77. The van der Waals surface area contributed by atoms with Crippen LogP contribution in [-0.4, -0.2) is 19.3 Å². The molecule has 0 saturated heterocycles. The first-order valence-corrected chi connectivity index (χ1v) is 9.31. The van der Waals surface area contributed by atoms with Gasteiger partial charge in [0.15, 0.2) is 0 Å². The second-order valence-corrected chi connectivity index (χ2v) is 8.21.